The fourth-order valence-electron chi connectivity index (χ4n) is 3.85. The van der Waals surface area contributed by atoms with Crippen LogP contribution in [0.2, 0.25) is 0 Å². The highest BCUT2D eigenvalue weighted by molar-refractivity contribution is 6.00. The Kier molecular flexibility index (Phi) is 7.22. The Labute approximate surface area is 169 Å². The molecule has 2 fully saturated rings. The summed E-state index contributed by atoms with van der Waals surface area (Å²) in [5, 5.41) is 0. The maximum Gasteiger partial charge on any atom is 0.387 e. The summed E-state index contributed by atoms with van der Waals surface area (Å²) in [6, 6.07) is 5.32. The first-order chi connectivity index (χ1) is 12.8. The summed E-state index contributed by atoms with van der Waals surface area (Å²) in [5.74, 6) is -0.722. The van der Waals surface area contributed by atoms with Crippen molar-refractivity contribution in [2.75, 3.05) is 26.2 Å². The van der Waals surface area contributed by atoms with Gasteiger partial charge in [-0.15, -0.1) is 12.4 Å². The van der Waals surface area contributed by atoms with Crippen molar-refractivity contribution in [2.45, 2.75) is 38.8 Å². The van der Waals surface area contributed by atoms with Crippen molar-refractivity contribution in [3.63, 3.8) is 0 Å². The van der Waals surface area contributed by atoms with E-state index in [-0.39, 0.29) is 35.0 Å². The minimum absolute atomic E-state index is 0. The van der Waals surface area contributed by atoms with Crippen molar-refractivity contribution in [2.24, 2.45) is 11.1 Å². The van der Waals surface area contributed by atoms with E-state index in [1.807, 2.05) is 0 Å². The molecule has 2 aliphatic rings. The van der Waals surface area contributed by atoms with Crippen LogP contribution in [0.5, 0.6) is 5.75 Å². The number of carbonyl (C=O) groups excluding carboxylic acids is 2. The maximum absolute atomic E-state index is 13.0. The maximum atomic E-state index is 13.0. The van der Waals surface area contributed by atoms with E-state index in [1.54, 1.807) is 11.0 Å². The Bertz CT molecular complexity index is 721. The van der Waals surface area contributed by atoms with Crippen molar-refractivity contribution in [1.29, 1.82) is 0 Å². The fourth-order valence-corrected chi connectivity index (χ4v) is 3.85. The first kappa shape index (κ1) is 22.4. The van der Waals surface area contributed by atoms with Gasteiger partial charge in [0.2, 0.25) is 5.91 Å². The molecule has 6 nitrogen and oxygen atoms in total. The van der Waals surface area contributed by atoms with Crippen LogP contribution in [0.4, 0.5) is 8.78 Å². The van der Waals surface area contributed by atoms with Crippen LogP contribution < -0.4 is 10.5 Å². The molecule has 2 amide bonds. The molecule has 2 atom stereocenters. The summed E-state index contributed by atoms with van der Waals surface area (Å²) >= 11 is 0. The molecule has 1 aromatic carbocycles. The molecule has 0 spiro atoms. The van der Waals surface area contributed by atoms with Crippen LogP contribution in [0.25, 0.3) is 0 Å². The SMILES string of the molecule is CC1(CN)CCN(C(=O)C2CCCN2C(=O)c2ccccc2OC(F)F)C1.Cl. The molecule has 2 aliphatic heterocycles. The normalized spacial score (nSPS) is 24.4. The average Bonchev–Trinajstić information content (AvgIpc) is 3.28. The molecular weight excluding hydrogens is 392 g/mol. The summed E-state index contributed by atoms with van der Waals surface area (Å²) < 4.78 is 29.8. The van der Waals surface area contributed by atoms with E-state index in [1.165, 1.54) is 23.1 Å². The van der Waals surface area contributed by atoms with Gasteiger partial charge in [0, 0.05) is 19.6 Å². The number of alkyl halides is 2. The Morgan fingerprint density at radius 2 is 2.04 bits per heavy atom. The lowest BCUT2D eigenvalue weighted by Gasteiger charge is -2.29. The number of nitrogens with two attached hydrogens (primary N) is 1. The lowest BCUT2D eigenvalue weighted by molar-refractivity contribution is -0.134. The zero-order valence-electron chi connectivity index (χ0n) is 15.8. The molecule has 2 saturated heterocycles. The average molecular weight is 418 g/mol. The van der Waals surface area contributed by atoms with Gasteiger partial charge in [-0.05, 0) is 43.4 Å². The molecule has 9 heteroatoms. The van der Waals surface area contributed by atoms with E-state index in [9.17, 15) is 18.4 Å². The smallest absolute Gasteiger partial charge is 0.387 e. The zero-order valence-corrected chi connectivity index (χ0v) is 16.6. The number of ether oxygens (including phenoxy) is 1. The third-order valence-electron chi connectivity index (χ3n) is 5.49. The molecular formula is C19H26ClF2N3O3. The van der Waals surface area contributed by atoms with E-state index < -0.39 is 18.6 Å². The predicted octanol–water partition coefficient (Wildman–Crippen LogP) is 2.51. The summed E-state index contributed by atoms with van der Waals surface area (Å²) in [6.45, 7) is 1.15. The standard InChI is InChI=1S/C19H25F2N3O3.ClH/c1-19(11-22)8-10-23(12-19)17(26)14-6-4-9-24(14)16(25)13-5-2-3-7-15(13)27-18(20)21;/h2-3,5,7,14,18H,4,6,8-12,22H2,1H3;1H. The summed E-state index contributed by atoms with van der Waals surface area (Å²) in [6.07, 6.45) is 2.10. The lowest BCUT2D eigenvalue weighted by atomic mass is 9.90. The summed E-state index contributed by atoms with van der Waals surface area (Å²) in [4.78, 5) is 29.2. The monoisotopic (exact) mass is 417 g/mol. The Morgan fingerprint density at radius 1 is 1.32 bits per heavy atom. The Morgan fingerprint density at radius 3 is 2.68 bits per heavy atom. The van der Waals surface area contributed by atoms with Gasteiger partial charge in [0.05, 0.1) is 5.56 Å². The largest absolute Gasteiger partial charge is 0.434 e. The van der Waals surface area contributed by atoms with E-state index in [2.05, 4.69) is 11.7 Å². The highest BCUT2D eigenvalue weighted by Gasteiger charge is 2.42. The molecule has 2 heterocycles. The fraction of sp³-hybridized carbons (Fsp3) is 0.579. The van der Waals surface area contributed by atoms with Gasteiger partial charge in [-0.2, -0.15) is 8.78 Å². The molecule has 1 aromatic rings. The van der Waals surface area contributed by atoms with E-state index >= 15 is 0 Å². The molecule has 0 bridgehead atoms. The van der Waals surface area contributed by atoms with Gasteiger partial charge in [0.15, 0.2) is 0 Å². The molecule has 156 valence electrons. The molecule has 2 unspecified atom stereocenters. The number of benzene rings is 1. The van der Waals surface area contributed by atoms with E-state index in [0.717, 1.165) is 6.42 Å². The first-order valence-corrected chi connectivity index (χ1v) is 9.18. The molecule has 2 N–H and O–H groups in total. The van der Waals surface area contributed by atoms with Gasteiger partial charge in [-0.1, -0.05) is 19.1 Å². The van der Waals surface area contributed by atoms with Crippen molar-refractivity contribution in [1.82, 2.24) is 9.80 Å². The number of hydrogen-bond donors (Lipinski definition) is 1. The third kappa shape index (κ3) is 4.55. The quantitative estimate of drug-likeness (QED) is 0.798. The summed E-state index contributed by atoms with van der Waals surface area (Å²) in [5.41, 5.74) is 5.76. The minimum atomic E-state index is -3.02. The third-order valence-corrected chi connectivity index (χ3v) is 5.49. The highest BCUT2D eigenvalue weighted by atomic mass is 35.5. The van der Waals surface area contributed by atoms with Gasteiger partial charge >= 0.3 is 6.61 Å². The number of likely N-dealkylation sites (tertiary alicyclic amines) is 2. The topological polar surface area (TPSA) is 75.9 Å². The van der Waals surface area contributed by atoms with Crippen LogP contribution in [0.3, 0.4) is 0 Å². The second-order valence-electron chi connectivity index (χ2n) is 7.56. The number of amides is 2. The molecule has 0 aliphatic carbocycles. The zero-order chi connectivity index (χ0) is 19.6. The van der Waals surface area contributed by atoms with Crippen LogP contribution in [0, 0.1) is 5.41 Å². The number of hydrogen-bond acceptors (Lipinski definition) is 4. The van der Waals surface area contributed by atoms with Crippen molar-refractivity contribution >= 4 is 24.2 Å². The first-order valence-electron chi connectivity index (χ1n) is 9.18. The number of rotatable bonds is 5. The number of halogens is 3. The molecule has 0 saturated carbocycles. The predicted molar refractivity (Wildman–Crippen MR) is 103 cm³/mol. The van der Waals surface area contributed by atoms with E-state index in [4.69, 9.17) is 5.73 Å². The van der Waals surface area contributed by atoms with E-state index in [0.29, 0.717) is 39.0 Å². The Hall–Kier alpha value is -1.93. The second kappa shape index (κ2) is 9.05. The van der Waals surface area contributed by atoms with Crippen LogP contribution in [0.15, 0.2) is 24.3 Å². The van der Waals surface area contributed by atoms with Crippen LogP contribution >= 0.6 is 12.4 Å². The van der Waals surface area contributed by atoms with Gasteiger partial charge in [0.25, 0.3) is 5.91 Å². The van der Waals surface area contributed by atoms with Crippen LogP contribution in [0.1, 0.15) is 36.5 Å². The molecule has 28 heavy (non-hydrogen) atoms. The van der Waals surface area contributed by atoms with Gasteiger partial charge in [-0.25, -0.2) is 0 Å². The van der Waals surface area contributed by atoms with Crippen molar-refractivity contribution in [3.05, 3.63) is 29.8 Å². The molecule has 0 aromatic heterocycles. The second-order valence-corrected chi connectivity index (χ2v) is 7.56. The Balaban J connectivity index is 0.00000280. The van der Waals surface area contributed by atoms with Crippen LogP contribution in [-0.2, 0) is 4.79 Å². The number of para-hydroxylation sites is 1. The van der Waals surface area contributed by atoms with Gasteiger partial charge < -0.3 is 20.3 Å². The van der Waals surface area contributed by atoms with Gasteiger partial charge in [0.1, 0.15) is 11.8 Å². The molecule has 3 rings (SSSR count). The van der Waals surface area contributed by atoms with Crippen molar-refractivity contribution in [3.8, 4) is 5.75 Å². The lowest BCUT2D eigenvalue weighted by Crippen LogP contribution is -2.48. The van der Waals surface area contributed by atoms with Crippen molar-refractivity contribution < 1.29 is 23.1 Å². The van der Waals surface area contributed by atoms with Gasteiger partial charge in [-0.3, -0.25) is 9.59 Å². The van der Waals surface area contributed by atoms with Crippen LogP contribution in [-0.4, -0.2) is 60.4 Å². The minimum Gasteiger partial charge on any atom is -0.434 e. The number of nitrogens with zero attached hydrogens (tertiary/aromatic N) is 2. The molecule has 0 radical (unpaired) electrons. The number of carbonyl (C=O) groups is 2. The highest BCUT2D eigenvalue weighted by Crippen LogP contribution is 2.32. The summed E-state index contributed by atoms with van der Waals surface area (Å²) in [7, 11) is 0.